The maximum absolute atomic E-state index is 15.3. The number of piperidine rings is 1. The summed E-state index contributed by atoms with van der Waals surface area (Å²) in [5.41, 5.74) is -0.772. The Labute approximate surface area is 294 Å². The molecule has 1 aliphatic carbocycles. The lowest BCUT2D eigenvalue weighted by molar-refractivity contribution is -0.131. The van der Waals surface area contributed by atoms with Crippen molar-refractivity contribution >= 4 is 40.2 Å². The van der Waals surface area contributed by atoms with Gasteiger partial charge >= 0.3 is 6.09 Å². The number of benzene rings is 3. The number of hydrogen-bond donors (Lipinski definition) is 2. The van der Waals surface area contributed by atoms with Gasteiger partial charge in [0, 0.05) is 48.2 Å². The number of rotatable bonds is 10. The number of aromatic nitrogens is 1. The van der Waals surface area contributed by atoms with Crippen LogP contribution in [0.1, 0.15) is 46.5 Å². The van der Waals surface area contributed by atoms with Crippen LogP contribution in [0, 0.1) is 23.0 Å². The predicted octanol–water partition coefficient (Wildman–Crippen LogP) is 7.70. The Morgan fingerprint density at radius 1 is 0.863 bits per heavy atom. The normalized spacial score (nSPS) is 15.5. The highest BCUT2D eigenvalue weighted by Crippen LogP contribution is 2.48. The van der Waals surface area contributed by atoms with Crippen LogP contribution in [0.5, 0.6) is 23.0 Å². The molecule has 2 heterocycles. The van der Waals surface area contributed by atoms with Gasteiger partial charge in [0.1, 0.15) is 22.6 Å². The first-order valence-electron chi connectivity index (χ1n) is 16.8. The van der Waals surface area contributed by atoms with Crippen LogP contribution in [0.2, 0.25) is 0 Å². The molecule has 0 unspecified atom stereocenters. The summed E-state index contributed by atoms with van der Waals surface area (Å²) in [6.45, 7) is 7.14. The average Bonchev–Trinajstić information content (AvgIpc) is 3.91. The van der Waals surface area contributed by atoms with E-state index in [4.69, 9.17) is 18.9 Å². The van der Waals surface area contributed by atoms with Gasteiger partial charge in [0.25, 0.3) is 0 Å². The summed E-state index contributed by atoms with van der Waals surface area (Å²) in [6.07, 6.45) is 3.43. The van der Waals surface area contributed by atoms with Crippen LogP contribution in [0.4, 0.5) is 25.0 Å². The summed E-state index contributed by atoms with van der Waals surface area (Å²) in [4.78, 5) is 44.6. The Bertz CT molecular complexity index is 1940. The number of pyridine rings is 1. The van der Waals surface area contributed by atoms with Crippen LogP contribution < -0.4 is 24.8 Å². The van der Waals surface area contributed by atoms with E-state index in [-0.39, 0.29) is 23.4 Å². The Morgan fingerprint density at radius 3 is 2.16 bits per heavy atom. The number of nitrogens with zero attached hydrogens (tertiary/aromatic N) is 2. The molecule has 0 spiro atoms. The van der Waals surface area contributed by atoms with Crippen molar-refractivity contribution in [3.05, 3.63) is 78.5 Å². The molecule has 1 saturated heterocycles. The molecule has 1 aliphatic heterocycles. The van der Waals surface area contributed by atoms with E-state index in [9.17, 15) is 18.8 Å². The number of hydrogen-bond acceptors (Lipinski definition) is 8. The highest BCUT2D eigenvalue weighted by Gasteiger charge is 2.56. The van der Waals surface area contributed by atoms with Crippen LogP contribution in [0.15, 0.2) is 66.9 Å². The zero-order valence-corrected chi connectivity index (χ0v) is 28.9. The molecule has 13 heteroatoms. The average molecular weight is 703 g/mol. The van der Waals surface area contributed by atoms with E-state index >= 15 is 4.39 Å². The lowest BCUT2D eigenvalue weighted by atomic mass is 9.98. The summed E-state index contributed by atoms with van der Waals surface area (Å²) in [7, 11) is 1.52. The molecule has 0 radical (unpaired) electrons. The topological polar surface area (TPSA) is 128 Å². The number of halogens is 2. The number of likely N-dealkylation sites (tertiary alicyclic amines) is 1. The molecule has 268 valence electrons. The first-order valence-corrected chi connectivity index (χ1v) is 16.8. The number of carbonyl (C=O) groups excluding carboxylic acids is 3. The Kier molecular flexibility index (Phi) is 10.00. The Balaban J connectivity index is 1.08. The first kappa shape index (κ1) is 35.4. The van der Waals surface area contributed by atoms with E-state index in [0.29, 0.717) is 66.4 Å². The van der Waals surface area contributed by atoms with Gasteiger partial charge in [-0.2, -0.15) is 0 Å². The van der Waals surface area contributed by atoms with Crippen LogP contribution in [-0.4, -0.2) is 60.2 Å². The quantitative estimate of drug-likeness (QED) is 0.161. The number of anilines is 2. The van der Waals surface area contributed by atoms with Crippen LogP contribution in [-0.2, 0) is 14.3 Å². The van der Waals surface area contributed by atoms with Crippen LogP contribution in [0.25, 0.3) is 10.9 Å². The minimum atomic E-state index is -1.29. The van der Waals surface area contributed by atoms with Crippen molar-refractivity contribution in [2.24, 2.45) is 11.3 Å². The zero-order chi connectivity index (χ0) is 36.3. The molecule has 2 fully saturated rings. The molecular formula is C38H40F2N4O7. The molecule has 2 N–H and O–H groups in total. The van der Waals surface area contributed by atoms with Gasteiger partial charge in [-0.1, -0.05) is 0 Å². The Morgan fingerprint density at radius 2 is 1.53 bits per heavy atom. The molecule has 6 rings (SSSR count). The molecular weight excluding hydrogens is 662 g/mol. The summed E-state index contributed by atoms with van der Waals surface area (Å²) in [5, 5.41) is 5.84. The van der Waals surface area contributed by atoms with Gasteiger partial charge in [-0.15, -0.1) is 0 Å². The van der Waals surface area contributed by atoms with Crippen LogP contribution in [0.3, 0.4) is 0 Å². The summed E-state index contributed by atoms with van der Waals surface area (Å²) < 4.78 is 51.8. The fourth-order valence-corrected chi connectivity index (χ4v) is 5.80. The van der Waals surface area contributed by atoms with E-state index in [2.05, 4.69) is 15.6 Å². The molecule has 0 bridgehead atoms. The van der Waals surface area contributed by atoms with Crippen molar-refractivity contribution in [3.8, 4) is 23.0 Å². The zero-order valence-electron chi connectivity index (χ0n) is 28.9. The monoisotopic (exact) mass is 702 g/mol. The van der Waals surface area contributed by atoms with Gasteiger partial charge in [0.15, 0.2) is 23.1 Å². The van der Waals surface area contributed by atoms with Gasteiger partial charge in [0.2, 0.25) is 11.8 Å². The first-order chi connectivity index (χ1) is 24.3. The standard InChI is InChI=1S/C38H40F2N4O7/c1-37(2,3)51-36(47)44-17-12-23(13-18-44)22-49-33-21-29-27(20-32(33)48-4)30(11-16-41-29)50-31-10-9-26(19-28(31)40)43-35(46)38(14-15-38)34(45)42-25-7-5-24(39)6-8-25/h5-11,16,19-21,23H,12-15,17-18,22H2,1-4H3,(H,42,45)(H,43,46). The maximum atomic E-state index is 15.3. The minimum absolute atomic E-state index is 0.0901. The highest BCUT2D eigenvalue weighted by atomic mass is 19.1. The highest BCUT2D eigenvalue weighted by molar-refractivity contribution is 6.16. The number of nitrogens with one attached hydrogen (secondary N) is 2. The van der Waals surface area contributed by atoms with Gasteiger partial charge in [-0.05, 0) is 101 Å². The van der Waals surface area contributed by atoms with Gasteiger partial charge in [0.05, 0.1) is 19.2 Å². The largest absolute Gasteiger partial charge is 0.493 e. The predicted molar refractivity (Wildman–Crippen MR) is 186 cm³/mol. The van der Waals surface area contributed by atoms with Crippen molar-refractivity contribution in [2.75, 3.05) is 37.4 Å². The van der Waals surface area contributed by atoms with Gasteiger partial charge in [-0.3, -0.25) is 14.6 Å². The molecule has 51 heavy (non-hydrogen) atoms. The third-order valence-corrected chi connectivity index (χ3v) is 8.86. The third-order valence-electron chi connectivity index (χ3n) is 8.86. The molecule has 0 atom stereocenters. The summed E-state index contributed by atoms with van der Waals surface area (Å²) >= 11 is 0. The Hall–Kier alpha value is -5.46. The lowest BCUT2D eigenvalue weighted by Gasteiger charge is -2.33. The fraction of sp³-hybridized carbons (Fsp3) is 0.368. The molecule has 2 aliphatic rings. The van der Waals surface area contributed by atoms with E-state index in [1.54, 1.807) is 29.3 Å². The second-order valence-electron chi connectivity index (χ2n) is 13.8. The molecule has 3 aromatic carbocycles. The third kappa shape index (κ3) is 8.30. The fourth-order valence-electron chi connectivity index (χ4n) is 5.80. The number of amides is 3. The minimum Gasteiger partial charge on any atom is -0.493 e. The molecule has 1 saturated carbocycles. The molecule has 3 amide bonds. The lowest BCUT2D eigenvalue weighted by Crippen LogP contribution is -2.42. The summed E-state index contributed by atoms with van der Waals surface area (Å²) in [6, 6.07) is 14.3. The molecule has 4 aromatic rings. The van der Waals surface area contributed by atoms with Gasteiger partial charge < -0.3 is 34.5 Å². The second kappa shape index (κ2) is 14.4. The SMILES string of the molecule is COc1cc2c(Oc3ccc(NC(=O)C4(C(=O)Nc5ccc(F)cc5)CC4)cc3F)ccnc2cc1OCC1CCN(C(=O)OC(C)(C)C)CC1. The van der Waals surface area contributed by atoms with E-state index in [1.165, 1.54) is 43.5 Å². The van der Waals surface area contributed by atoms with Crippen molar-refractivity contribution in [3.63, 3.8) is 0 Å². The van der Waals surface area contributed by atoms with Crippen molar-refractivity contribution < 1.29 is 42.1 Å². The summed E-state index contributed by atoms with van der Waals surface area (Å²) in [5.74, 6) is -0.846. The van der Waals surface area contributed by atoms with Crippen molar-refractivity contribution in [1.82, 2.24) is 9.88 Å². The van der Waals surface area contributed by atoms with Crippen LogP contribution >= 0.6 is 0 Å². The number of carbonyl (C=O) groups is 3. The molecule has 11 nitrogen and oxygen atoms in total. The second-order valence-corrected chi connectivity index (χ2v) is 13.8. The maximum Gasteiger partial charge on any atom is 0.410 e. The molecule has 1 aromatic heterocycles. The number of fused-ring (bicyclic) bond motifs is 1. The number of ether oxygens (including phenoxy) is 4. The van der Waals surface area contributed by atoms with E-state index < -0.39 is 34.5 Å². The van der Waals surface area contributed by atoms with Gasteiger partial charge in [-0.25, -0.2) is 13.6 Å². The van der Waals surface area contributed by atoms with E-state index in [0.717, 1.165) is 18.9 Å². The smallest absolute Gasteiger partial charge is 0.410 e. The van der Waals surface area contributed by atoms with E-state index in [1.807, 2.05) is 20.8 Å². The number of methoxy groups -OCH3 is 1. The van der Waals surface area contributed by atoms with Crippen molar-refractivity contribution in [1.29, 1.82) is 0 Å². The van der Waals surface area contributed by atoms with Crippen molar-refractivity contribution in [2.45, 2.75) is 52.1 Å².